The number of hydrogen-bond donors (Lipinski definition) is 1. The Hall–Kier alpha value is -3.16. The van der Waals surface area contributed by atoms with Crippen LogP contribution in [-0.2, 0) is 0 Å². The van der Waals surface area contributed by atoms with Crippen LogP contribution in [0.15, 0.2) is 64.7 Å². The van der Waals surface area contributed by atoms with Gasteiger partial charge < -0.3 is 14.6 Å². The standard InChI is InChI=1S/C21H18ClN5O2/c1-2-15-11-26(6-5-23-15)16-4-3-13-7-17(20(28)29-19(13)8-16)18-12-27-10-14(22)9-24-21(27)25-18/h2-4,7-10,12,15,23H,1,5-6,11H2/t15-/m1/s1. The van der Waals surface area contributed by atoms with Gasteiger partial charge in [-0.2, -0.15) is 0 Å². The highest BCUT2D eigenvalue weighted by Crippen LogP contribution is 2.26. The molecule has 1 aliphatic rings. The molecule has 1 N–H and O–H groups in total. The Labute approximate surface area is 171 Å². The Kier molecular flexibility index (Phi) is 4.34. The van der Waals surface area contributed by atoms with Crippen LogP contribution in [0.25, 0.3) is 28.0 Å². The Morgan fingerprint density at radius 2 is 2.21 bits per heavy atom. The number of nitrogens with one attached hydrogen (secondary N) is 1. The molecule has 1 fully saturated rings. The van der Waals surface area contributed by atoms with E-state index >= 15 is 0 Å². The maximum absolute atomic E-state index is 12.7. The van der Waals surface area contributed by atoms with Crippen molar-refractivity contribution in [2.24, 2.45) is 0 Å². The number of piperazine rings is 1. The monoisotopic (exact) mass is 407 g/mol. The average Bonchev–Trinajstić information content (AvgIpc) is 3.15. The summed E-state index contributed by atoms with van der Waals surface area (Å²) in [5, 5.41) is 4.73. The van der Waals surface area contributed by atoms with Gasteiger partial charge in [0.25, 0.3) is 0 Å². The SMILES string of the molecule is C=C[C@@H]1CN(c2ccc3cc(-c4cn5cc(Cl)cnc5n4)c(=O)oc3c2)CCN1. The molecule has 8 heteroatoms. The second kappa shape index (κ2) is 7.02. The zero-order valence-corrected chi connectivity index (χ0v) is 16.3. The molecule has 0 radical (unpaired) electrons. The number of nitrogens with zero attached hydrogens (tertiary/aromatic N) is 4. The lowest BCUT2D eigenvalue weighted by Gasteiger charge is -2.34. The van der Waals surface area contributed by atoms with Crippen LogP contribution in [0.3, 0.4) is 0 Å². The molecule has 0 bridgehead atoms. The third kappa shape index (κ3) is 3.28. The van der Waals surface area contributed by atoms with Gasteiger partial charge in [0.15, 0.2) is 0 Å². The van der Waals surface area contributed by atoms with Gasteiger partial charge in [-0.05, 0) is 18.2 Å². The van der Waals surface area contributed by atoms with E-state index in [4.69, 9.17) is 16.0 Å². The maximum Gasteiger partial charge on any atom is 0.345 e. The summed E-state index contributed by atoms with van der Waals surface area (Å²) in [6, 6.07) is 7.97. The van der Waals surface area contributed by atoms with E-state index in [1.807, 2.05) is 24.3 Å². The Morgan fingerprint density at radius 1 is 1.31 bits per heavy atom. The fraction of sp³-hybridized carbons (Fsp3) is 0.190. The summed E-state index contributed by atoms with van der Waals surface area (Å²) in [6.07, 6.45) is 6.84. The minimum absolute atomic E-state index is 0.242. The van der Waals surface area contributed by atoms with Gasteiger partial charge in [-0.25, -0.2) is 14.8 Å². The van der Waals surface area contributed by atoms with Gasteiger partial charge in [-0.1, -0.05) is 17.7 Å². The first-order valence-electron chi connectivity index (χ1n) is 9.30. The van der Waals surface area contributed by atoms with E-state index in [0.717, 1.165) is 30.7 Å². The average molecular weight is 408 g/mol. The largest absolute Gasteiger partial charge is 0.422 e. The number of anilines is 1. The topological polar surface area (TPSA) is 75.7 Å². The molecule has 0 amide bonds. The van der Waals surface area contributed by atoms with E-state index in [0.29, 0.717) is 27.6 Å². The van der Waals surface area contributed by atoms with Gasteiger partial charge in [0.05, 0.1) is 22.5 Å². The third-order valence-corrected chi connectivity index (χ3v) is 5.32. The summed E-state index contributed by atoms with van der Waals surface area (Å²) in [5.74, 6) is 0.467. The summed E-state index contributed by atoms with van der Waals surface area (Å²) >= 11 is 5.98. The fourth-order valence-corrected chi connectivity index (χ4v) is 3.79. The van der Waals surface area contributed by atoms with Crippen LogP contribution >= 0.6 is 11.6 Å². The summed E-state index contributed by atoms with van der Waals surface area (Å²) in [4.78, 5) is 23.5. The van der Waals surface area contributed by atoms with E-state index in [2.05, 4.69) is 26.8 Å². The van der Waals surface area contributed by atoms with Crippen LogP contribution in [0.4, 0.5) is 5.69 Å². The summed E-state index contributed by atoms with van der Waals surface area (Å²) in [6.45, 7) is 6.45. The molecule has 7 nitrogen and oxygen atoms in total. The first kappa shape index (κ1) is 17.9. The Morgan fingerprint density at radius 3 is 3.07 bits per heavy atom. The molecule has 0 aliphatic carbocycles. The van der Waals surface area contributed by atoms with Gasteiger partial charge in [0.2, 0.25) is 5.78 Å². The van der Waals surface area contributed by atoms with E-state index in [9.17, 15) is 4.79 Å². The number of hydrogen-bond acceptors (Lipinski definition) is 6. The van der Waals surface area contributed by atoms with Crippen LogP contribution in [0.2, 0.25) is 5.02 Å². The Bertz CT molecular complexity index is 1300. The Balaban J connectivity index is 1.54. The van der Waals surface area contributed by atoms with E-state index in [1.54, 1.807) is 22.9 Å². The molecule has 1 saturated heterocycles. The second-order valence-corrected chi connectivity index (χ2v) is 7.45. The van der Waals surface area contributed by atoms with E-state index in [1.165, 1.54) is 6.20 Å². The van der Waals surface area contributed by atoms with Crippen LogP contribution in [0.1, 0.15) is 0 Å². The minimum Gasteiger partial charge on any atom is -0.422 e. The van der Waals surface area contributed by atoms with Crippen molar-refractivity contribution in [1.29, 1.82) is 0 Å². The lowest BCUT2D eigenvalue weighted by molar-refractivity contribution is 0.517. The molecule has 146 valence electrons. The number of imidazole rings is 1. The molecule has 1 aromatic carbocycles. The molecular formula is C21H18ClN5O2. The highest BCUT2D eigenvalue weighted by atomic mass is 35.5. The fourth-order valence-electron chi connectivity index (χ4n) is 3.64. The van der Waals surface area contributed by atoms with Crippen LogP contribution in [0.5, 0.6) is 0 Å². The number of halogens is 1. The number of benzene rings is 1. The number of fused-ring (bicyclic) bond motifs is 2. The molecule has 1 atom stereocenters. The molecule has 0 saturated carbocycles. The van der Waals surface area contributed by atoms with Crippen molar-refractivity contribution >= 4 is 34.0 Å². The number of aromatic nitrogens is 3. The zero-order chi connectivity index (χ0) is 20.0. The van der Waals surface area contributed by atoms with Gasteiger partial charge in [-0.15, -0.1) is 6.58 Å². The normalized spacial score (nSPS) is 17.1. The van der Waals surface area contributed by atoms with Crippen LogP contribution < -0.4 is 15.8 Å². The highest BCUT2D eigenvalue weighted by molar-refractivity contribution is 6.30. The zero-order valence-electron chi connectivity index (χ0n) is 15.5. The molecular weight excluding hydrogens is 390 g/mol. The molecule has 29 heavy (non-hydrogen) atoms. The van der Waals surface area contributed by atoms with Crippen molar-refractivity contribution < 1.29 is 4.42 Å². The van der Waals surface area contributed by atoms with Gasteiger partial charge in [0, 0.05) is 55.2 Å². The molecule has 5 rings (SSSR count). The molecule has 0 unspecified atom stereocenters. The number of rotatable bonds is 3. The lowest BCUT2D eigenvalue weighted by Crippen LogP contribution is -2.49. The van der Waals surface area contributed by atoms with Crippen molar-refractivity contribution in [1.82, 2.24) is 19.7 Å². The van der Waals surface area contributed by atoms with Crippen molar-refractivity contribution in [2.75, 3.05) is 24.5 Å². The van der Waals surface area contributed by atoms with Crippen molar-refractivity contribution in [2.45, 2.75) is 6.04 Å². The van der Waals surface area contributed by atoms with E-state index < -0.39 is 5.63 Å². The van der Waals surface area contributed by atoms with Gasteiger partial charge in [0.1, 0.15) is 5.58 Å². The smallest absolute Gasteiger partial charge is 0.345 e. The molecule has 0 spiro atoms. The van der Waals surface area contributed by atoms with Crippen LogP contribution in [0, 0.1) is 0 Å². The first-order chi connectivity index (χ1) is 14.1. The predicted molar refractivity (Wildman–Crippen MR) is 114 cm³/mol. The van der Waals surface area contributed by atoms with Crippen molar-refractivity contribution in [3.63, 3.8) is 0 Å². The summed E-state index contributed by atoms with van der Waals surface area (Å²) < 4.78 is 7.32. The van der Waals surface area contributed by atoms with Gasteiger partial charge in [-0.3, -0.25) is 4.40 Å². The maximum atomic E-state index is 12.7. The summed E-state index contributed by atoms with van der Waals surface area (Å²) in [7, 11) is 0. The highest BCUT2D eigenvalue weighted by Gasteiger charge is 2.18. The van der Waals surface area contributed by atoms with Gasteiger partial charge >= 0.3 is 5.63 Å². The predicted octanol–water partition coefficient (Wildman–Crippen LogP) is 3.12. The van der Waals surface area contributed by atoms with Crippen molar-refractivity contribution in [3.05, 3.63) is 71.0 Å². The quantitative estimate of drug-likeness (QED) is 0.415. The van der Waals surface area contributed by atoms with E-state index in [-0.39, 0.29) is 6.04 Å². The van der Waals surface area contributed by atoms with Crippen LogP contribution in [-0.4, -0.2) is 40.0 Å². The molecule has 1 aliphatic heterocycles. The molecule has 4 heterocycles. The first-order valence-corrected chi connectivity index (χ1v) is 9.68. The summed E-state index contributed by atoms with van der Waals surface area (Å²) in [5.41, 5.74) is 2.02. The lowest BCUT2D eigenvalue weighted by atomic mass is 10.1. The minimum atomic E-state index is -0.437. The second-order valence-electron chi connectivity index (χ2n) is 7.02. The molecule has 3 aromatic heterocycles. The van der Waals surface area contributed by atoms with Crippen molar-refractivity contribution in [3.8, 4) is 11.3 Å². The molecule has 4 aromatic rings. The third-order valence-electron chi connectivity index (χ3n) is 5.13.